The Morgan fingerprint density at radius 1 is 1.03 bits per heavy atom. The first kappa shape index (κ1) is 22.5. The Morgan fingerprint density at radius 3 is 2.26 bits per heavy atom. The highest BCUT2D eigenvalue weighted by atomic mass is 16.5. The van der Waals surface area contributed by atoms with Gasteiger partial charge in [-0.25, -0.2) is 0 Å². The molecule has 2 aromatic carbocycles. The second-order valence-corrected chi connectivity index (χ2v) is 7.24. The van der Waals surface area contributed by atoms with Crippen LogP contribution in [-0.2, 0) is 17.6 Å². The molecule has 164 valence electrons. The number of hydrogen-bond donors (Lipinski definition) is 4. The van der Waals surface area contributed by atoms with E-state index in [1.165, 1.54) is 25.3 Å². The van der Waals surface area contributed by atoms with Gasteiger partial charge in [0.2, 0.25) is 5.78 Å². The summed E-state index contributed by atoms with van der Waals surface area (Å²) in [6, 6.07) is 4.47. The van der Waals surface area contributed by atoms with Crippen LogP contribution in [0.1, 0.15) is 63.2 Å². The number of aliphatic hydroxyl groups excluding tert-OH is 1. The molecule has 0 saturated carbocycles. The van der Waals surface area contributed by atoms with Crippen molar-refractivity contribution >= 4 is 17.3 Å². The first-order chi connectivity index (χ1) is 14.7. The Kier molecular flexibility index (Phi) is 5.89. The largest absolute Gasteiger partial charge is 0.507 e. The number of rotatable bonds is 3. The molecule has 0 bridgehead atoms. The van der Waals surface area contributed by atoms with Gasteiger partial charge < -0.3 is 25.2 Å². The van der Waals surface area contributed by atoms with Crippen molar-refractivity contribution in [1.29, 1.82) is 0 Å². The highest BCUT2D eigenvalue weighted by Gasteiger charge is 2.45. The zero-order valence-corrected chi connectivity index (χ0v) is 17.5. The van der Waals surface area contributed by atoms with E-state index in [1.54, 1.807) is 0 Å². The molecule has 2 aromatic rings. The van der Waals surface area contributed by atoms with E-state index >= 15 is 0 Å². The molecule has 8 heteroatoms. The van der Waals surface area contributed by atoms with Gasteiger partial charge in [0.25, 0.3) is 0 Å². The SMILES string of the molecule is CC.COc1cccc2c1C(=O)c1c(O)c3c(c(O)c1C2=O)C[C@@](O)(C(=O)CO)CC3. The van der Waals surface area contributed by atoms with Gasteiger partial charge in [0.1, 0.15) is 29.5 Å². The quantitative estimate of drug-likeness (QED) is 0.462. The summed E-state index contributed by atoms with van der Waals surface area (Å²) in [6.07, 6.45) is -0.515. The number of Topliss-reactive ketones (excluding diaryl/α,β-unsaturated/α-hetero) is 1. The summed E-state index contributed by atoms with van der Waals surface area (Å²) in [5.41, 5.74) is -2.38. The molecule has 0 spiro atoms. The van der Waals surface area contributed by atoms with E-state index in [2.05, 4.69) is 0 Å². The van der Waals surface area contributed by atoms with Crippen molar-refractivity contribution in [2.24, 2.45) is 0 Å². The van der Waals surface area contributed by atoms with Crippen LogP contribution >= 0.6 is 0 Å². The Balaban J connectivity index is 0.00000132. The lowest BCUT2D eigenvalue weighted by Gasteiger charge is -2.34. The van der Waals surface area contributed by atoms with Gasteiger partial charge in [0.05, 0.1) is 23.8 Å². The van der Waals surface area contributed by atoms with Crippen LogP contribution in [0.15, 0.2) is 18.2 Å². The fourth-order valence-electron chi connectivity index (χ4n) is 4.21. The topological polar surface area (TPSA) is 141 Å². The van der Waals surface area contributed by atoms with Gasteiger partial charge in [-0.2, -0.15) is 0 Å². The summed E-state index contributed by atoms with van der Waals surface area (Å²) in [5, 5.41) is 41.3. The predicted molar refractivity (Wildman–Crippen MR) is 110 cm³/mol. The molecule has 0 radical (unpaired) electrons. The number of phenols is 2. The molecule has 0 amide bonds. The molecule has 0 unspecified atom stereocenters. The van der Waals surface area contributed by atoms with Crippen molar-refractivity contribution < 1.29 is 39.5 Å². The Bertz CT molecular complexity index is 1100. The van der Waals surface area contributed by atoms with Crippen LogP contribution < -0.4 is 4.74 Å². The minimum absolute atomic E-state index is 0.00456. The Morgan fingerprint density at radius 2 is 1.65 bits per heavy atom. The second kappa shape index (κ2) is 8.13. The molecule has 31 heavy (non-hydrogen) atoms. The Hall–Kier alpha value is -3.23. The van der Waals surface area contributed by atoms with Crippen LogP contribution in [0.25, 0.3) is 0 Å². The van der Waals surface area contributed by atoms with Gasteiger partial charge in [0, 0.05) is 23.1 Å². The van der Waals surface area contributed by atoms with Crippen LogP contribution in [-0.4, -0.2) is 57.1 Å². The van der Waals surface area contributed by atoms with Crippen molar-refractivity contribution in [2.75, 3.05) is 13.7 Å². The minimum atomic E-state index is -1.93. The molecule has 0 fully saturated rings. The zero-order chi connectivity index (χ0) is 23.1. The number of methoxy groups -OCH3 is 1. The normalized spacial score (nSPS) is 18.9. The van der Waals surface area contributed by atoms with E-state index in [9.17, 15) is 29.7 Å². The molecule has 0 aliphatic heterocycles. The van der Waals surface area contributed by atoms with Crippen LogP contribution in [0.2, 0.25) is 0 Å². The number of aliphatic hydroxyl groups is 2. The average molecular weight is 428 g/mol. The molecular weight excluding hydrogens is 404 g/mol. The van der Waals surface area contributed by atoms with Crippen molar-refractivity contribution in [2.45, 2.75) is 38.7 Å². The van der Waals surface area contributed by atoms with Gasteiger partial charge in [-0.15, -0.1) is 0 Å². The van der Waals surface area contributed by atoms with Crippen LogP contribution in [0, 0.1) is 0 Å². The molecule has 0 saturated heterocycles. The van der Waals surface area contributed by atoms with Gasteiger partial charge in [-0.05, 0) is 18.9 Å². The maximum Gasteiger partial charge on any atom is 0.202 e. The van der Waals surface area contributed by atoms with E-state index < -0.39 is 41.1 Å². The first-order valence-electron chi connectivity index (χ1n) is 9.97. The van der Waals surface area contributed by atoms with Crippen molar-refractivity contribution in [3.63, 3.8) is 0 Å². The predicted octanol–water partition coefficient (Wildman–Crippen LogP) is 1.69. The number of phenolic OH excluding ortho intramolecular Hbond substituents is 2. The van der Waals surface area contributed by atoms with Crippen LogP contribution in [0.3, 0.4) is 0 Å². The summed E-state index contributed by atoms with van der Waals surface area (Å²) in [5.74, 6) is -2.99. The number of carbonyl (C=O) groups is 3. The first-order valence-corrected chi connectivity index (χ1v) is 9.97. The standard InChI is InChI=1S/C21H18O8.C2H6/c1-29-12-4-2-3-10-14(12)20(27)16-15(18(10)25)19(26)11-7-21(28,13(23)8-22)6-5-9(11)17(16)24;1-2/h2-4,22,24,26,28H,5-8H2,1H3;1-2H3/t21-;/m1./s1. The molecule has 8 nitrogen and oxygen atoms in total. The summed E-state index contributed by atoms with van der Waals surface area (Å²) in [6.45, 7) is 3.12. The highest BCUT2D eigenvalue weighted by molar-refractivity contribution is 6.31. The average Bonchev–Trinajstić information content (AvgIpc) is 2.79. The fraction of sp³-hybridized carbons (Fsp3) is 0.348. The molecule has 2 aliphatic carbocycles. The van der Waals surface area contributed by atoms with Gasteiger partial charge in [-0.1, -0.05) is 26.0 Å². The van der Waals surface area contributed by atoms with E-state index in [4.69, 9.17) is 9.84 Å². The van der Waals surface area contributed by atoms with E-state index in [1.807, 2.05) is 13.8 Å². The van der Waals surface area contributed by atoms with Crippen molar-refractivity contribution in [3.8, 4) is 17.2 Å². The molecule has 2 aliphatic rings. The van der Waals surface area contributed by atoms with Crippen LogP contribution in [0.5, 0.6) is 17.2 Å². The number of benzene rings is 2. The lowest BCUT2D eigenvalue weighted by Crippen LogP contribution is -2.45. The number of ketones is 3. The summed E-state index contributed by atoms with van der Waals surface area (Å²) in [4.78, 5) is 38.2. The van der Waals surface area contributed by atoms with Gasteiger partial charge in [-0.3, -0.25) is 14.4 Å². The Labute approximate surface area is 178 Å². The van der Waals surface area contributed by atoms with E-state index in [-0.39, 0.29) is 58.4 Å². The van der Waals surface area contributed by atoms with E-state index in [0.717, 1.165) is 0 Å². The van der Waals surface area contributed by atoms with Gasteiger partial charge in [0.15, 0.2) is 11.6 Å². The maximum absolute atomic E-state index is 13.1. The summed E-state index contributed by atoms with van der Waals surface area (Å²) < 4.78 is 5.18. The third-order valence-electron chi connectivity index (χ3n) is 5.75. The summed E-state index contributed by atoms with van der Waals surface area (Å²) in [7, 11) is 1.35. The van der Waals surface area contributed by atoms with Gasteiger partial charge >= 0.3 is 0 Å². The molecule has 4 rings (SSSR count). The number of hydrogen-bond acceptors (Lipinski definition) is 8. The lowest BCUT2D eigenvalue weighted by atomic mass is 9.73. The lowest BCUT2D eigenvalue weighted by molar-refractivity contribution is -0.141. The molecule has 0 aromatic heterocycles. The number of aromatic hydroxyl groups is 2. The van der Waals surface area contributed by atoms with Crippen LogP contribution in [0.4, 0.5) is 0 Å². The highest BCUT2D eigenvalue weighted by Crippen LogP contribution is 2.48. The number of fused-ring (bicyclic) bond motifs is 3. The fourth-order valence-corrected chi connectivity index (χ4v) is 4.21. The molecule has 0 heterocycles. The molecular formula is C23H24O8. The number of ether oxygens (including phenoxy) is 1. The second-order valence-electron chi connectivity index (χ2n) is 7.24. The van der Waals surface area contributed by atoms with Crippen molar-refractivity contribution in [1.82, 2.24) is 0 Å². The van der Waals surface area contributed by atoms with E-state index in [0.29, 0.717) is 0 Å². The third kappa shape index (κ3) is 3.19. The smallest absolute Gasteiger partial charge is 0.202 e. The minimum Gasteiger partial charge on any atom is -0.507 e. The molecule has 1 atom stereocenters. The van der Waals surface area contributed by atoms with Crippen molar-refractivity contribution in [3.05, 3.63) is 51.6 Å². The number of carbonyl (C=O) groups excluding carboxylic acids is 3. The third-order valence-corrected chi connectivity index (χ3v) is 5.75. The summed E-state index contributed by atoms with van der Waals surface area (Å²) >= 11 is 0. The maximum atomic E-state index is 13.1. The molecule has 4 N–H and O–H groups in total. The zero-order valence-electron chi connectivity index (χ0n) is 17.5. The monoisotopic (exact) mass is 428 g/mol.